The summed E-state index contributed by atoms with van der Waals surface area (Å²) in [4.78, 5) is 85.5. The van der Waals surface area contributed by atoms with Crippen LogP contribution in [0.4, 0.5) is 16.2 Å². The number of nitrogens with zero attached hydrogens (tertiary/aromatic N) is 7. The molecule has 0 saturated carbocycles. The number of β-lactam (4-membered cyclic amide) rings is 1. The molecular weight excluding hydrogens is 763 g/mol. The highest BCUT2D eigenvalue weighted by Gasteiger charge is 2.60. The Morgan fingerprint density at radius 1 is 0.965 bits per heavy atom. The number of benzene rings is 2. The van der Waals surface area contributed by atoms with E-state index in [1.807, 2.05) is 17.7 Å². The number of esters is 1. The lowest BCUT2D eigenvalue weighted by molar-refractivity contribution is -0.385. The summed E-state index contributed by atoms with van der Waals surface area (Å²) in [7, 11) is 0. The van der Waals surface area contributed by atoms with E-state index < -0.39 is 63.1 Å². The normalized spacial score (nSPS) is 23.9. The number of hydrogen-bond acceptors (Lipinski definition) is 13. The summed E-state index contributed by atoms with van der Waals surface area (Å²) < 4.78 is 13.3. The molecule has 7 rings (SSSR count). The Balaban J connectivity index is 1.11. The number of imidazole rings is 1. The van der Waals surface area contributed by atoms with Gasteiger partial charge in [-0.25, -0.2) is 14.6 Å². The monoisotopic (exact) mass is 803 g/mol. The van der Waals surface area contributed by atoms with E-state index in [0.29, 0.717) is 42.0 Å². The zero-order chi connectivity index (χ0) is 40.5. The maximum atomic E-state index is 14.2. The van der Waals surface area contributed by atoms with Crippen LogP contribution < -0.4 is 0 Å². The van der Waals surface area contributed by atoms with Gasteiger partial charge in [0.1, 0.15) is 25.0 Å². The van der Waals surface area contributed by atoms with Crippen molar-refractivity contribution < 1.29 is 43.6 Å². The van der Waals surface area contributed by atoms with E-state index in [2.05, 4.69) is 4.98 Å². The number of ether oxygens (including phenoxy) is 2. The molecule has 18 nitrogen and oxygen atoms in total. The topological polar surface area (TPSA) is 221 Å². The van der Waals surface area contributed by atoms with Gasteiger partial charge in [-0.05, 0) is 61.6 Å². The number of aliphatic hydroxyl groups excluding tert-OH is 1. The number of carbonyl (C=O) groups is 4. The van der Waals surface area contributed by atoms with Crippen LogP contribution in [-0.2, 0) is 37.1 Å². The number of nitro benzene ring substituents is 2. The first kappa shape index (κ1) is 39.4. The second-order valence-corrected chi connectivity index (χ2v) is 16.0. The van der Waals surface area contributed by atoms with Crippen LogP contribution in [0.5, 0.6) is 0 Å². The standard InChI is InChI=1S/C38H41N7O11S/c1-22-32-31(23(2)46)36(48)43(32)33(37(49)55-19-24-3-7-27(8-4-24)44(51)52)34(22)57-29-17-30(35(47)40-14-11-26(12-15-40)41-16-13-39-21-41)42(18-29)38(50)56-20-25-5-9-28(10-6-25)45(53)54/h3-10,13,16,21-23,26,29-32,46H,11-12,14-15,17-20H2,1-2H3/t22-,23-,29+,30+,31-,32-/m1/s1. The van der Waals surface area contributed by atoms with Crippen molar-refractivity contribution in [3.63, 3.8) is 0 Å². The first-order valence-corrected chi connectivity index (χ1v) is 19.5. The Kier molecular flexibility index (Phi) is 11.3. The predicted molar refractivity (Wildman–Crippen MR) is 202 cm³/mol. The summed E-state index contributed by atoms with van der Waals surface area (Å²) in [6.07, 6.45) is 5.25. The molecule has 0 unspecified atom stereocenters. The molecule has 6 atom stereocenters. The van der Waals surface area contributed by atoms with Crippen LogP contribution in [0.1, 0.15) is 50.3 Å². The quantitative estimate of drug-likeness (QED) is 0.118. The van der Waals surface area contributed by atoms with Gasteiger partial charge < -0.3 is 28.9 Å². The molecule has 3 aromatic rings. The number of rotatable bonds is 12. The van der Waals surface area contributed by atoms with Gasteiger partial charge in [-0.1, -0.05) is 6.92 Å². The van der Waals surface area contributed by atoms with Crippen LogP contribution in [0.3, 0.4) is 0 Å². The zero-order valence-corrected chi connectivity index (χ0v) is 31.9. The van der Waals surface area contributed by atoms with Crippen LogP contribution in [-0.4, -0.2) is 106 Å². The molecule has 0 radical (unpaired) electrons. The molecule has 0 spiro atoms. The van der Waals surface area contributed by atoms with Crippen molar-refractivity contribution in [1.29, 1.82) is 0 Å². The highest BCUT2D eigenvalue weighted by Crippen LogP contribution is 2.52. The van der Waals surface area contributed by atoms with Gasteiger partial charge in [0.2, 0.25) is 11.8 Å². The molecule has 5 heterocycles. The van der Waals surface area contributed by atoms with Crippen LogP contribution in [0.15, 0.2) is 77.9 Å². The van der Waals surface area contributed by atoms with Gasteiger partial charge in [0, 0.05) is 78.4 Å². The number of fused-ring (bicyclic) bond motifs is 1. The van der Waals surface area contributed by atoms with Crippen molar-refractivity contribution in [3.8, 4) is 0 Å². The second kappa shape index (κ2) is 16.3. The van der Waals surface area contributed by atoms with Crippen LogP contribution in [0.25, 0.3) is 0 Å². The molecule has 1 N–H and O–H groups in total. The van der Waals surface area contributed by atoms with E-state index in [-0.39, 0.29) is 55.2 Å². The molecule has 3 fully saturated rings. The minimum Gasteiger partial charge on any atom is -0.456 e. The van der Waals surface area contributed by atoms with Crippen LogP contribution >= 0.6 is 11.8 Å². The Morgan fingerprint density at radius 2 is 1.56 bits per heavy atom. The lowest BCUT2D eigenvalue weighted by Crippen LogP contribution is -2.63. The Hall–Kier alpha value is -5.82. The van der Waals surface area contributed by atoms with E-state index in [1.165, 1.54) is 77.0 Å². The average Bonchev–Trinajstić information content (AvgIpc) is 3.95. The van der Waals surface area contributed by atoms with Gasteiger partial charge in [0.15, 0.2) is 0 Å². The van der Waals surface area contributed by atoms with Gasteiger partial charge in [0.25, 0.3) is 11.4 Å². The highest BCUT2D eigenvalue weighted by atomic mass is 32.2. The van der Waals surface area contributed by atoms with E-state index in [4.69, 9.17) is 9.47 Å². The maximum Gasteiger partial charge on any atom is 0.410 e. The fourth-order valence-corrected chi connectivity index (χ4v) is 9.64. The fraction of sp³-hybridized carbons (Fsp3) is 0.447. The second-order valence-electron chi connectivity index (χ2n) is 14.7. The molecule has 4 aliphatic heterocycles. The molecule has 19 heteroatoms. The van der Waals surface area contributed by atoms with E-state index in [9.17, 15) is 44.5 Å². The smallest absolute Gasteiger partial charge is 0.410 e. The largest absolute Gasteiger partial charge is 0.456 e. The Labute approximate surface area is 330 Å². The SMILES string of the molecule is C[C@@H](O)[C@H]1C(=O)N2C(C(=O)OCc3ccc([N+](=O)[O-])cc3)=C(S[C@H]3C[C@@H](C(=O)N4CCC(n5ccnc5)CC4)N(C(=O)OCc4ccc([N+](=O)[O-])cc4)C3)[C@H](C)[C@H]12. The lowest BCUT2D eigenvalue weighted by atomic mass is 9.79. The van der Waals surface area contributed by atoms with Crippen LogP contribution in [0.2, 0.25) is 0 Å². The summed E-state index contributed by atoms with van der Waals surface area (Å²) >= 11 is 1.29. The van der Waals surface area contributed by atoms with Crippen LogP contribution in [0, 0.1) is 32.1 Å². The minimum absolute atomic E-state index is 0.0324. The minimum atomic E-state index is -0.977. The number of hydrogen-bond donors (Lipinski definition) is 1. The molecule has 0 aliphatic carbocycles. The maximum absolute atomic E-state index is 14.2. The summed E-state index contributed by atoms with van der Waals surface area (Å²) in [6, 6.07) is 9.91. The summed E-state index contributed by atoms with van der Waals surface area (Å²) in [5.41, 5.74) is 0.823. The molecule has 3 saturated heterocycles. The lowest BCUT2D eigenvalue weighted by Gasteiger charge is -2.46. The Morgan fingerprint density at radius 3 is 2.11 bits per heavy atom. The van der Waals surface area contributed by atoms with Crippen molar-refractivity contribution in [2.24, 2.45) is 11.8 Å². The van der Waals surface area contributed by atoms with Gasteiger partial charge in [-0.3, -0.25) is 34.7 Å². The molecule has 1 aromatic heterocycles. The zero-order valence-electron chi connectivity index (χ0n) is 31.1. The van der Waals surface area contributed by atoms with Crippen molar-refractivity contribution in [1.82, 2.24) is 24.3 Å². The van der Waals surface area contributed by atoms with E-state index in [0.717, 1.165) is 0 Å². The van der Waals surface area contributed by atoms with Crippen molar-refractivity contribution >= 4 is 47.0 Å². The van der Waals surface area contributed by atoms with E-state index >= 15 is 0 Å². The van der Waals surface area contributed by atoms with Crippen molar-refractivity contribution in [3.05, 3.63) is 109 Å². The summed E-state index contributed by atoms with van der Waals surface area (Å²) in [5.74, 6) is -2.58. The number of thioether (sulfide) groups is 1. The number of aromatic nitrogens is 2. The van der Waals surface area contributed by atoms with Gasteiger partial charge in [-0.15, -0.1) is 11.8 Å². The molecule has 4 aliphatic rings. The number of amides is 3. The molecule has 2 aromatic carbocycles. The molecule has 3 amide bonds. The first-order valence-electron chi connectivity index (χ1n) is 18.6. The average molecular weight is 804 g/mol. The van der Waals surface area contributed by atoms with Gasteiger partial charge in [0.05, 0.1) is 34.2 Å². The third-order valence-corrected chi connectivity index (χ3v) is 12.6. The van der Waals surface area contributed by atoms with Gasteiger partial charge in [-0.2, -0.15) is 0 Å². The predicted octanol–water partition coefficient (Wildman–Crippen LogP) is 4.19. The summed E-state index contributed by atoms with van der Waals surface area (Å²) in [6.45, 7) is 3.99. The summed E-state index contributed by atoms with van der Waals surface area (Å²) in [5, 5.41) is 32.3. The van der Waals surface area contributed by atoms with Crippen molar-refractivity contribution in [2.75, 3.05) is 19.6 Å². The molecule has 57 heavy (non-hydrogen) atoms. The third-order valence-electron chi connectivity index (χ3n) is 11.1. The molecular formula is C38H41N7O11S. The van der Waals surface area contributed by atoms with Crippen molar-refractivity contribution in [2.45, 2.75) is 75.8 Å². The number of carbonyl (C=O) groups excluding carboxylic acids is 4. The molecule has 0 bridgehead atoms. The highest BCUT2D eigenvalue weighted by molar-refractivity contribution is 8.03. The Bertz CT molecular complexity index is 2070. The molecule has 300 valence electrons. The van der Waals surface area contributed by atoms with E-state index in [1.54, 1.807) is 17.4 Å². The third kappa shape index (κ3) is 7.93. The fourth-order valence-electron chi connectivity index (χ4n) is 8.12. The van der Waals surface area contributed by atoms with Gasteiger partial charge >= 0.3 is 12.1 Å². The number of aliphatic hydroxyl groups is 1. The first-order chi connectivity index (χ1) is 27.3. The number of nitro groups is 2. The number of likely N-dealkylation sites (tertiary alicyclic amines) is 2. The number of non-ortho nitro benzene ring substituents is 2. The number of piperidine rings is 1.